The number of hydrogen-bond acceptors (Lipinski definition) is 4. The van der Waals surface area contributed by atoms with E-state index in [0.717, 1.165) is 0 Å². The van der Waals surface area contributed by atoms with Crippen molar-refractivity contribution in [3.05, 3.63) is 0 Å². The van der Waals surface area contributed by atoms with Gasteiger partial charge in [0.15, 0.2) is 0 Å². The summed E-state index contributed by atoms with van der Waals surface area (Å²) >= 11 is 0. The lowest BCUT2D eigenvalue weighted by Crippen LogP contribution is -2.50. The Bertz CT molecular complexity index is 360. The molecule has 0 aliphatic rings. The first-order valence-corrected chi connectivity index (χ1v) is 6.93. The number of halogens is 2. The summed E-state index contributed by atoms with van der Waals surface area (Å²) in [5.74, 6) is -1.04. The van der Waals surface area contributed by atoms with E-state index in [2.05, 4.69) is 10.1 Å². The van der Waals surface area contributed by atoms with E-state index in [1.165, 1.54) is 21.0 Å². The van der Waals surface area contributed by atoms with E-state index in [1.54, 1.807) is 0 Å². The minimum absolute atomic E-state index is 0.156. The van der Waals surface area contributed by atoms with Crippen LogP contribution in [0.2, 0.25) is 0 Å². The predicted octanol–water partition coefficient (Wildman–Crippen LogP) is 1.70. The molecule has 0 rings (SSSR count). The maximum atomic E-state index is 12.8. The minimum atomic E-state index is -2.58. The van der Waals surface area contributed by atoms with Gasteiger partial charge < -0.3 is 15.8 Å². The smallest absolute Gasteiger partial charge is 0.328 e. The van der Waals surface area contributed by atoms with Crippen molar-refractivity contribution in [3.8, 4) is 0 Å². The van der Waals surface area contributed by atoms with Gasteiger partial charge >= 0.3 is 5.97 Å². The number of esters is 1. The highest BCUT2D eigenvalue weighted by molar-refractivity contribution is 5.87. The molecule has 1 amide bonds. The number of ether oxygens (including phenoxy) is 1. The Hall–Kier alpha value is -1.24. The van der Waals surface area contributed by atoms with Crippen LogP contribution >= 0.6 is 0 Å². The molecule has 0 heterocycles. The topological polar surface area (TPSA) is 81.4 Å². The van der Waals surface area contributed by atoms with Gasteiger partial charge in [-0.3, -0.25) is 4.79 Å². The zero-order valence-corrected chi connectivity index (χ0v) is 13.3. The van der Waals surface area contributed by atoms with Gasteiger partial charge in [0.05, 0.1) is 13.2 Å². The van der Waals surface area contributed by atoms with Crippen LogP contribution in [0.3, 0.4) is 0 Å². The second-order valence-electron chi connectivity index (χ2n) is 6.31. The Kier molecular flexibility index (Phi) is 7.78. The van der Waals surface area contributed by atoms with Gasteiger partial charge in [0.1, 0.15) is 6.04 Å². The lowest BCUT2D eigenvalue weighted by atomic mass is 9.86. The van der Waals surface area contributed by atoms with Gasteiger partial charge in [-0.05, 0) is 18.8 Å². The van der Waals surface area contributed by atoms with Crippen LogP contribution in [0.4, 0.5) is 8.78 Å². The van der Waals surface area contributed by atoms with Gasteiger partial charge in [-0.1, -0.05) is 27.7 Å². The van der Waals surface area contributed by atoms with Crippen LogP contribution in [0.5, 0.6) is 0 Å². The molecule has 0 fully saturated rings. The van der Waals surface area contributed by atoms with Crippen molar-refractivity contribution in [2.45, 2.75) is 59.0 Å². The van der Waals surface area contributed by atoms with Gasteiger partial charge in [0, 0.05) is 5.41 Å². The van der Waals surface area contributed by atoms with Crippen molar-refractivity contribution in [3.63, 3.8) is 0 Å². The molecule has 0 saturated carbocycles. The Balaban J connectivity index is 4.71. The number of rotatable bonds is 8. The van der Waals surface area contributed by atoms with Crippen molar-refractivity contribution in [1.29, 1.82) is 0 Å². The van der Waals surface area contributed by atoms with Crippen molar-refractivity contribution in [2.75, 3.05) is 7.11 Å². The molecule has 0 aliphatic heterocycles. The molecular formula is C14H26F2N2O3. The quantitative estimate of drug-likeness (QED) is 0.669. The SMILES string of the molecule is COC(=O)[C@H](CC(C)C)NC(=O)[C@@H](N)CC(C)(C)C(F)F. The average molecular weight is 308 g/mol. The normalized spacial score (nSPS) is 15.0. The third-order valence-electron chi connectivity index (χ3n) is 3.18. The Morgan fingerprint density at radius 1 is 1.29 bits per heavy atom. The molecule has 0 radical (unpaired) electrons. The number of carbonyl (C=O) groups is 2. The number of nitrogens with one attached hydrogen (secondary N) is 1. The molecule has 0 aromatic heterocycles. The lowest BCUT2D eigenvalue weighted by Gasteiger charge is -2.27. The van der Waals surface area contributed by atoms with E-state index in [1.807, 2.05) is 13.8 Å². The molecule has 21 heavy (non-hydrogen) atoms. The summed E-state index contributed by atoms with van der Waals surface area (Å²) in [6.45, 7) is 6.47. The van der Waals surface area contributed by atoms with Crippen LogP contribution in [-0.4, -0.2) is 37.5 Å². The first-order valence-electron chi connectivity index (χ1n) is 6.93. The zero-order chi connectivity index (χ0) is 16.8. The monoisotopic (exact) mass is 308 g/mol. The molecule has 0 bridgehead atoms. The van der Waals surface area contributed by atoms with Crippen LogP contribution in [0.25, 0.3) is 0 Å². The molecule has 0 aromatic carbocycles. The van der Waals surface area contributed by atoms with E-state index in [-0.39, 0.29) is 12.3 Å². The van der Waals surface area contributed by atoms with Crippen LogP contribution < -0.4 is 11.1 Å². The van der Waals surface area contributed by atoms with E-state index >= 15 is 0 Å². The lowest BCUT2D eigenvalue weighted by molar-refractivity contribution is -0.145. The molecule has 0 saturated heterocycles. The minimum Gasteiger partial charge on any atom is -0.467 e. The summed E-state index contributed by atoms with van der Waals surface area (Å²) in [4.78, 5) is 23.6. The summed E-state index contributed by atoms with van der Waals surface area (Å²) in [5, 5.41) is 2.48. The summed E-state index contributed by atoms with van der Waals surface area (Å²) in [5.41, 5.74) is 4.30. The third kappa shape index (κ3) is 6.84. The maximum Gasteiger partial charge on any atom is 0.328 e. The van der Waals surface area contributed by atoms with Gasteiger partial charge in [-0.2, -0.15) is 0 Å². The number of alkyl halides is 2. The Morgan fingerprint density at radius 2 is 1.81 bits per heavy atom. The molecule has 124 valence electrons. The van der Waals surface area contributed by atoms with Gasteiger partial charge in [0.2, 0.25) is 12.3 Å². The highest BCUT2D eigenvalue weighted by Gasteiger charge is 2.34. The van der Waals surface area contributed by atoms with E-state index in [4.69, 9.17) is 5.73 Å². The van der Waals surface area contributed by atoms with Crippen molar-refractivity contribution in [2.24, 2.45) is 17.1 Å². The molecule has 2 atom stereocenters. The number of nitrogens with two attached hydrogens (primary N) is 1. The second kappa shape index (κ2) is 8.26. The maximum absolute atomic E-state index is 12.8. The first kappa shape index (κ1) is 19.8. The molecule has 0 unspecified atom stereocenters. The zero-order valence-electron chi connectivity index (χ0n) is 13.3. The highest BCUT2D eigenvalue weighted by Crippen LogP contribution is 2.29. The average Bonchev–Trinajstić information content (AvgIpc) is 2.35. The van der Waals surface area contributed by atoms with E-state index in [0.29, 0.717) is 6.42 Å². The fraction of sp³-hybridized carbons (Fsp3) is 0.857. The van der Waals surface area contributed by atoms with Gasteiger partial charge in [-0.15, -0.1) is 0 Å². The third-order valence-corrected chi connectivity index (χ3v) is 3.18. The largest absolute Gasteiger partial charge is 0.467 e. The standard InChI is InChI=1S/C14H26F2N2O3/c1-8(2)6-10(12(20)21-5)18-11(19)9(17)7-14(3,4)13(15)16/h8-10,13H,6-7,17H2,1-5H3,(H,18,19)/t9-,10-/m0/s1. The summed E-state index contributed by atoms with van der Waals surface area (Å²) in [6.07, 6.45) is -2.36. The van der Waals surface area contributed by atoms with Crippen molar-refractivity contribution >= 4 is 11.9 Å². The van der Waals surface area contributed by atoms with Crippen LogP contribution in [-0.2, 0) is 14.3 Å². The molecule has 0 aromatic rings. The second-order valence-corrected chi connectivity index (χ2v) is 6.31. The first-order chi connectivity index (χ1) is 9.51. The van der Waals surface area contributed by atoms with Gasteiger partial charge in [-0.25, -0.2) is 13.6 Å². The number of amides is 1. The fourth-order valence-electron chi connectivity index (χ4n) is 1.86. The van der Waals surface area contributed by atoms with Crippen LogP contribution in [0.15, 0.2) is 0 Å². The van der Waals surface area contributed by atoms with Crippen LogP contribution in [0.1, 0.15) is 40.5 Å². The highest BCUT2D eigenvalue weighted by atomic mass is 19.3. The number of hydrogen-bond donors (Lipinski definition) is 2. The molecule has 5 nitrogen and oxygen atoms in total. The summed E-state index contributed by atoms with van der Waals surface area (Å²) in [7, 11) is 1.22. The predicted molar refractivity (Wildman–Crippen MR) is 75.8 cm³/mol. The van der Waals surface area contributed by atoms with Gasteiger partial charge in [0.25, 0.3) is 0 Å². The number of methoxy groups -OCH3 is 1. The van der Waals surface area contributed by atoms with E-state index < -0.39 is 35.8 Å². The molecule has 3 N–H and O–H groups in total. The Morgan fingerprint density at radius 3 is 2.19 bits per heavy atom. The van der Waals surface area contributed by atoms with E-state index in [9.17, 15) is 18.4 Å². The summed E-state index contributed by atoms with van der Waals surface area (Å²) in [6, 6.07) is -1.92. The molecule has 0 spiro atoms. The number of carbonyl (C=O) groups excluding carboxylic acids is 2. The Labute approximate surface area is 124 Å². The van der Waals surface area contributed by atoms with Crippen molar-refractivity contribution in [1.82, 2.24) is 5.32 Å². The van der Waals surface area contributed by atoms with Crippen LogP contribution in [0, 0.1) is 11.3 Å². The molecular weight excluding hydrogens is 282 g/mol. The summed E-state index contributed by atoms with van der Waals surface area (Å²) < 4.78 is 30.2. The molecule has 0 aliphatic carbocycles. The molecule has 7 heteroatoms. The van der Waals surface area contributed by atoms with Crippen molar-refractivity contribution < 1.29 is 23.1 Å². The fourth-order valence-corrected chi connectivity index (χ4v) is 1.86.